The number of rotatable bonds is 4. The summed E-state index contributed by atoms with van der Waals surface area (Å²) in [7, 11) is 1.38. The summed E-state index contributed by atoms with van der Waals surface area (Å²) in [6.07, 6.45) is 0.370. The van der Waals surface area contributed by atoms with Crippen molar-refractivity contribution < 1.29 is 14.3 Å². The van der Waals surface area contributed by atoms with E-state index in [4.69, 9.17) is 0 Å². The van der Waals surface area contributed by atoms with Crippen LogP contribution in [0.3, 0.4) is 0 Å². The molecule has 0 aromatic carbocycles. The predicted octanol–water partition coefficient (Wildman–Crippen LogP) is -1.48. The minimum absolute atomic E-state index is 0.0861. The summed E-state index contributed by atoms with van der Waals surface area (Å²) < 4.78 is 4.59. The molecule has 0 spiro atoms. The molecule has 9 heteroatoms. The Kier molecular flexibility index (Phi) is 4.39. The van der Waals surface area contributed by atoms with E-state index < -0.39 is 0 Å². The molecule has 1 N–H and O–H groups in total. The van der Waals surface area contributed by atoms with Gasteiger partial charge in [-0.3, -0.25) is 14.5 Å². The van der Waals surface area contributed by atoms with Crippen LogP contribution in [-0.4, -0.2) is 82.1 Å². The van der Waals surface area contributed by atoms with Gasteiger partial charge in [-0.05, 0) is 5.21 Å². The van der Waals surface area contributed by atoms with Gasteiger partial charge in [-0.2, -0.15) is 5.21 Å². The molecule has 0 radical (unpaired) electrons. The maximum Gasteiger partial charge on any atom is 0.306 e. The van der Waals surface area contributed by atoms with Gasteiger partial charge in [0.05, 0.1) is 13.5 Å². The Labute approximate surface area is 109 Å². The molecule has 0 unspecified atom stereocenters. The average molecular weight is 268 g/mol. The Hall–Kier alpha value is -2.03. The van der Waals surface area contributed by atoms with Crippen LogP contribution in [-0.2, 0) is 9.53 Å². The van der Waals surface area contributed by atoms with Crippen molar-refractivity contribution in [2.75, 3.05) is 39.8 Å². The van der Waals surface area contributed by atoms with E-state index in [0.717, 1.165) is 13.1 Å². The Morgan fingerprint density at radius 3 is 2.63 bits per heavy atom. The van der Waals surface area contributed by atoms with Gasteiger partial charge in [0, 0.05) is 32.7 Å². The van der Waals surface area contributed by atoms with Gasteiger partial charge in [-0.25, -0.2) is 0 Å². The fourth-order valence-electron chi connectivity index (χ4n) is 1.92. The number of piperazine rings is 1. The number of aromatic amines is 1. The number of nitrogens with zero attached hydrogens (tertiary/aromatic N) is 5. The molecular weight excluding hydrogens is 252 g/mol. The van der Waals surface area contributed by atoms with E-state index >= 15 is 0 Å². The van der Waals surface area contributed by atoms with Gasteiger partial charge >= 0.3 is 5.97 Å². The van der Waals surface area contributed by atoms with Crippen molar-refractivity contribution in [3.63, 3.8) is 0 Å². The predicted molar refractivity (Wildman–Crippen MR) is 63.2 cm³/mol. The van der Waals surface area contributed by atoms with Gasteiger partial charge in [-0.15, -0.1) is 10.2 Å². The number of nitrogens with one attached hydrogen (secondary N) is 1. The zero-order valence-electron chi connectivity index (χ0n) is 10.7. The van der Waals surface area contributed by atoms with Crippen molar-refractivity contribution >= 4 is 11.9 Å². The number of hydrogen-bond donors (Lipinski definition) is 1. The van der Waals surface area contributed by atoms with E-state index in [1.54, 1.807) is 4.90 Å². The third-order valence-corrected chi connectivity index (χ3v) is 3.06. The van der Waals surface area contributed by atoms with Crippen molar-refractivity contribution in [1.82, 2.24) is 30.4 Å². The Balaban J connectivity index is 1.76. The highest BCUT2D eigenvalue weighted by Gasteiger charge is 2.24. The summed E-state index contributed by atoms with van der Waals surface area (Å²) in [6.45, 7) is 3.28. The van der Waals surface area contributed by atoms with Crippen molar-refractivity contribution in [2.45, 2.75) is 6.42 Å². The van der Waals surface area contributed by atoms with Gasteiger partial charge in [0.25, 0.3) is 11.7 Å². The highest BCUT2D eigenvalue weighted by atomic mass is 16.5. The fraction of sp³-hybridized carbons (Fsp3) is 0.700. The average Bonchev–Trinajstić information content (AvgIpc) is 2.98. The minimum Gasteiger partial charge on any atom is -0.469 e. The minimum atomic E-state index is -0.221. The molecular formula is C10H16N6O3. The van der Waals surface area contributed by atoms with Gasteiger partial charge in [0.1, 0.15) is 0 Å². The molecule has 0 bridgehead atoms. The second-order valence-corrected chi connectivity index (χ2v) is 4.20. The molecule has 2 heterocycles. The Morgan fingerprint density at radius 1 is 1.32 bits per heavy atom. The van der Waals surface area contributed by atoms with Crippen molar-refractivity contribution in [1.29, 1.82) is 0 Å². The van der Waals surface area contributed by atoms with E-state index in [2.05, 4.69) is 30.3 Å². The molecule has 9 nitrogen and oxygen atoms in total. The number of aromatic nitrogens is 4. The first kappa shape index (κ1) is 13.4. The number of carbonyl (C=O) groups is 2. The van der Waals surface area contributed by atoms with Crippen LogP contribution in [0.5, 0.6) is 0 Å². The fourth-order valence-corrected chi connectivity index (χ4v) is 1.92. The molecule has 0 atom stereocenters. The second-order valence-electron chi connectivity index (χ2n) is 4.20. The van der Waals surface area contributed by atoms with Crippen LogP contribution in [0.2, 0.25) is 0 Å². The number of esters is 1. The molecule has 1 aliphatic rings. The number of carbonyl (C=O) groups excluding carboxylic acids is 2. The maximum absolute atomic E-state index is 11.9. The quantitative estimate of drug-likeness (QED) is 0.664. The number of H-pyrrole nitrogens is 1. The lowest BCUT2D eigenvalue weighted by molar-refractivity contribution is -0.141. The second kappa shape index (κ2) is 6.23. The Bertz CT molecular complexity index is 426. The van der Waals surface area contributed by atoms with Crippen LogP contribution in [0.1, 0.15) is 17.0 Å². The lowest BCUT2D eigenvalue weighted by Gasteiger charge is -2.33. The molecule has 0 saturated carbocycles. The summed E-state index contributed by atoms with van der Waals surface area (Å²) in [4.78, 5) is 26.8. The van der Waals surface area contributed by atoms with E-state index in [9.17, 15) is 9.59 Å². The first-order chi connectivity index (χ1) is 9.20. The lowest BCUT2D eigenvalue weighted by Crippen LogP contribution is -2.49. The van der Waals surface area contributed by atoms with Gasteiger partial charge in [0.2, 0.25) is 0 Å². The van der Waals surface area contributed by atoms with Crippen LogP contribution in [0.15, 0.2) is 0 Å². The molecule has 104 valence electrons. The van der Waals surface area contributed by atoms with E-state index in [-0.39, 0.29) is 17.7 Å². The summed E-state index contributed by atoms with van der Waals surface area (Å²) >= 11 is 0. The number of hydrogen-bond acceptors (Lipinski definition) is 7. The van der Waals surface area contributed by atoms with Crippen molar-refractivity contribution in [2.24, 2.45) is 0 Å². The van der Waals surface area contributed by atoms with Gasteiger partial charge in [0.15, 0.2) is 0 Å². The largest absolute Gasteiger partial charge is 0.469 e. The molecule has 1 saturated heterocycles. The molecule has 1 amide bonds. The van der Waals surface area contributed by atoms with Gasteiger partial charge in [-0.1, -0.05) is 0 Å². The molecule has 1 aromatic heterocycles. The summed E-state index contributed by atoms with van der Waals surface area (Å²) in [5, 5.41) is 13.0. The highest BCUT2D eigenvalue weighted by molar-refractivity contribution is 5.90. The standard InChI is InChI=1S/C10H16N6O3/c1-19-8(17)2-3-15-4-6-16(7-5-15)10(18)9-11-13-14-12-9/h2-7H2,1H3,(H,11,12,13,14). The molecule has 19 heavy (non-hydrogen) atoms. The summed E-state index contributed by atoms with van der Waals surface area (Å²) in [5.74, 6) is -0.352. The van der Waals surface area contributed by atoms with Crippen LogP contribution >= 0.6 is 0 Å². The number of tetrazole rings is 1. The highest BCUT2D eigenvalue weighted by Crippen LogP contribution is 2.05. The normalized spacial score (nSPS) is 16.4. The number of amides is 1. The third kappa shape index (κ3) is 3.47. The van der Waals surface area contributed by atoms with E-state index in [1.165, 1.54) is 7.11 Å². The SMILES string of the molecule is COC(=O)CCN1CCN(C(=O)c2nn[nH]n2)CC1. The third-order valence-electron chi connectivity index (χ3n) is 3.06. The molecule has 2 rings (SSSR count). The topological polar surface area (TPSA) is 104 Å². The zero-order valence-corrected chi connectivity index (χ0v) is 10.7. The maximum atomic E-state index is 11.9. The van der Waals surface area contributed by atoms with Crippen molar-refractivity contribution in [3.05, 3.63) is 5.82 Å². The number of ether oxygens (including phenoxy) is 1. The first-order valence-corrected chi connectivity index (χ1v) is 6.02. The van der Waals surface area contributed by atoms with Gasteiger partial charge < -0.3 is 9.64 Å². The first-order valence-electron chi connectivity index (χ1n) is 6.02. The van der Waals surface area contributed by atoms with Crippen LogP contribution in [0.25, 0.3) is 0 Å². The number of methoxy groups -OCH3 is 1. The molecule has 1 aliphatic heterocycles. The summed E-state index contributed by atoms with van der Waals surface area (Å²) in [6, 6.07) is 0. The van der Waals surface area contributed by atoms with Crippen LogP contribution in [0, 0.1) is 0 Å². The Morgan fingerprint density at radius 2 is 2.05 bits per heavy atom. The lowest BCUT2D eigenvalue weighted by atomic mass is 10.3. The van der Waals surface area contributed by atoms with Crippen LogP contribution in [0.4, 0.5) is 0 Å². The molecule has 1 aromatic rings. The zero-order chi connectivity index (χ0) is 13.7. The molecule has 1 fully saturated rings. The van der Waals surface area contributed by atoms with Crippen molar-refractivity contribution in [3.8, 4) is 0 Å². The molecule has 0 aliphatic carbocycles. The monoisotopic (exact) mass is 268 g/mol. The van der Waals surface area contributed by atoms with E-state index in [0.29, 0.717) is 26.1 Å². The van der Waals surface area contributed by atoms with Crippen LogP contribution < -0.4 is 0 Å². The smallest absolute Gasteiger partial charge is 0.306 e. The van der Waals surface area contributed by atoms with E-state index in [1.807, 2.05) is 0 Å². The summed E-state index contributed by atoms with van der Waals surface area (Å²) in [5.41, 5.74) is 0.